The summed E-state index contributed by atoms with van der Waals surface area (Å²) in [4.78, 5) is 43.3. The molecule has 0 aliphatic heterocycles. The van der Waals surface area contributed by atoms with Crippen molar-refractivity contribution in [2.75, 3.05) is 26.4 Å². The van der Waals surface area contributed by atoms with Crippen LogP contribution in [0.3, 0.4) is 0 Å². The number of carbonyl (C=O) groups excluding carboxylic acids is 3. The zero-order valence-corrected chi connectivity index (χ0v) is 16.8. The van der Waals surface area contributed by atoms with Gasteiger partial charge in [0.25, 0.3) is 5.91 Å². The van der Waals surface area contributed by atoms with Crippen molar-refractivity contribution in [3.05, 3.63) is 23.8 Å². The smallest absolute Gasteiger partial charge is 0.462 e. The molecule has 0 saturated heterocycles. The van der Waals surface area contributed by atoms with Crippen LogP contribution < -0.4 is 5.32 Å². The molecule has 12 heteroatoms. The number of amides is 1. The molecule has 0 spiro atoms. The summed E-state index contributed by atoms with van der Waals surface area (Å²) in [5.41, 5.74) is 0.232. The van der Waals surface area contributed by atoms with E-state index in [1.807, 2.05) is 0 Å². The lowest BCUT2D eigenvalue weighted by atomic mass is 10.2. The normalized spacial score (nSPS) is 14.8. The Bertz CT molecular complexity index is 661. The van der Waals surface area contributed by atoms with Crippen molar-refractivity contribution in [2.45, 2.75) is 26.9 Å². The van der Waals surface area contributed by atoms with E-state index >= 15 is 0 Å². The van der Waals surface area contributed by atoms with Gasteiger partial charge >= 0.3 is 19.8 Å². The number of esters is 2. The second kappa shape index (κ2) is 13.8. The van der Waals surface area contributed by atoms with Crippen LogP contribution in [0, 0.1) is 5.41 Å². The lowest BCUT2D eigenvalue weighted by Gasteiger charge is -2.18. The largest absolute Gasteiger partial charge is 0.472 e. The number of ether oxygens (including phenoxy) is 2. The van der Waals surface area contributed by atoms with E-state index in [1.165, 1.54) is 12.2 Å². The highest BCUT2D eigenvalue weighted by Crippen LogP contribution is 2.43. The first kappa shape index (κ1) is 25.7. The van der Waals surface area contributed by atoms with Crippen molar-refractivity contribution in [1.29, 1.82) is 5.41 Å². The number of allylic oxidation sites excluding steroid dienone is 2. The molecule has 0 saturated carbocycles. The third-order valence-corrected chi connectivity index (χ3v) is 3.73. The van der Waals surface area contributed by atoms with Crippen molar-refractivity contribution in [3.8, 4) is 0 Å². The molecule has 0 aromatic carbocycles. The molecule has 28 heavy (non-hydrogen) atoms. The number of hydrogen-bond donors (Lipinski definition) is 3. The van der Waals surface area contributed by atoms with E-state index < -0.39 is 38.4 Å². The van der Waals surface area contributed by atoms with Gasteiger partial charge in [-0.05, 0) is 13.0 Å². The zero-order chi connectivity index (χ0) is 21.6. The Hall–Kier alpha value is -2.33. The van der Waals surface area contributed by atoms with Gasteiger partial charge in [0.05, 0.1) is 13.2 Å². The van der Waals surface area contributed by atoms with Gasteiger partial charge in [0.15, 0.2) is 6.10 Å². The molecule has 158 valence electrons. The molecule has 1 amide bonds. The molecule has 2 atom stereocenters. The highest BCUT2D eigenvalue weighted by Gasteiger charge is 2.25. The average Bonchev–Trinajstić information content (AvgIpc) is 2.60. The molecule has 0 aliphatic carbocycles. The second-order valence-electron chi connectivity index (χ2n) is 5.18. The molecule has 2 unspecified atom stereocenters. The molecular formula is C16H25N2O9P. The first-order chi connectivity index (χ1) is 13.1. The van der Waals surface area contributed by atoms with Crippen molar-refractivity contribution in [3.63, 3.8) is 0 Å². The molecule has 0 fully saturated rings. The Morgan fingerprint density at radius 1 is 1.18 bits per heavy atom. The molecule has 11 nitrogen and oxygen atoms in total. The van der Waals surface area contributed by atoms with E-state index in [1.54, 1.807) is 13.0 Å². The average molecular weight is 420 g/mol. The zero-order valence-electron chi connectivity index (χ0n) is 15.9. The summed E-state index contributed by atoms with van der Waals surface area (Å²) < 4.78 is 30.7. The monoisotopic (exact) mass is 420 g/mol. The van der Waals surface area contributed by atoms with Crippen molar-refractivity contribution in [2.24, 2.45) is 0 Å². The van der Waals surface area contributed by atoms with Gasteiger partial charge in [0.2, 0.25) is 0 Å². The topological polar surface area (TPSA) is 161 Å². The summed E-state index contributed by atoms with van der Waals surface area (Å²) in [6, 6.07) is 0. The molecule has 0 aliphatic rings. The standard InChI is InChI=1S/C16H25N2O9P/c1-4-5-14(6-7-17)16(21)18-8-9-25-28(22,23)26-11-15(27-13(3)20)10-24-12(2)19/h4-7,15,17H,8-11H2,1-3H3,(H,18,21)(H,22,23)/b5-4-,14-6+,17-7?. The van der Waals surface area contributed by atoms with Gasteiger partial charge in [-0.25, -0.2) is 4.57 Å². The van der Waals surface area contributed by atoms with E-state index in [4.69, 9.17) is 19.2 Å². The highest BCUT2D eigenvalue weighted by molar-refractivity contribution is 7.47. The number of hydrogen-bond acceptors (Lipinski definition) is 9. The van der Waals surface area contributed by atoms with Crippen LogP contribution in [0.25, 0.3) is 0 Å². The Labute approximate surface area is 162 Å². The number of rotatable bonds is 13. The third-order valence-electron chi connectivity index (χ3n) is 2.74. The van der Waals surface area contributed by atoms with Crippen LogP contribution in [0.2, 0.25) is 0 Å². The molecule has 0 bridgehead atoms. The second-order valence-corrected chi connectivity index (χ2v) is 6.63. The Morgan fingerprint density at radius 3 is 2.39 bits per heavy atom. The third kappa shape index (κ3) is 12.9. The van der Waals surface area contributed by atoms with Gasteiger partial charge in [-0.3, -0.25) is 23.4 Å². The van der Waals surface area contributed by atoms with E-state index in [0.29, 0.717) is 0 Å². The van der Waals surface area contributed by atoms with E-state index in [0.717, 1.165) is 20.1 Å². The minimum atomic E-state index is -4.49. The van der Waals surface area contributed by atoms with Crippen LogP contribution in [0.15, 0.2) is 23.8 Å². The van der Waals surface area contributed by atoms with Gasteiger partial charge < -0.3 is 25.1 Å². The maximum atomic E-state index is 11.9. The van der Waals surface area contributed by atoms with Gasteiger partial charge in [0.1, 0.15) is 6.61 Å². The number of phosphoric acid groups is 1. The molecule has 0 radical (unpaired) electrons. The molecule has 0 aromatic heterocycles. The molecule has 0 rings (SSSR count). The number of nitrogens with one attached hydrogen (secondary N) is 2. The maximum Gasteiger partial charge on any atom is 0.472 e. The molecule has 3 N–H and O–H groups in total. The molecule has 0 heterocycles. The van der Waals surface area contributed by atoms with Crippen LogP contribution in [-0.4, -0.2) is 61.4 Å². The van der Waals surface area contributed by atoms with Gasteiger partial charge in [-0.2, -0.15) is 0 Å². The Balaban J connectivity index is 4.44. The van der Waals surface area contributed by atoms with E-state index in [9.17, 15) is 23.8 Å². The Morgan fingerprint density at radius 2 is 1.86 bits per heavy atom. The van der Waals surface area contributed by atoms with Crippen LogP contribution in [0.5, 0.6) is 0 Å². The van der Waals surface area contributed by atoms with Crippen LogP contribution in [0.4, 0.5) is 0 Å². The van der Waals surface area contributed by atoms with E-state index in [-0.39, 0.29) is 25.3 Å². The van der Waals surface area contributed by atoms with Crippen LogP contribution in [-0.2, 0) is 37.5 Å². The van der Waals surface area contributed by atoms with Gasteiger partial charge in [-0.15, -0.1) is 0 Å². The predicted molar refractivity (Wildman–Crippen MR) is 98.6 cm³/mol. The molecule has 0 aromatic rings. The van der Waals surface area contributed by atoms with Crippen molar-refractivity contribution in [1.82, 2.24) is 5.32 Å². The number of phosphoric ester groups is 1. The lowest BCUT2D eigenvalue weighted by molar-refractivity contribution is -0.158. The summed E-state index contributed by atoms with van der Waals surface area (Å²) >= 11 is 0. The summed E-state index contributed by atoms with van der Waals surface area (Å²) in [7, 11) is -4.49. The summed E-state index contributed by atoms with van der Waals surface area (Å²) in [6.07, 6.45) is 4.28. The first-order valence-electron chi connectivity index (χ1n) is 8.15. The SMILES string of the molecule is C/C=C\C(=C/C=N)C(=O)NCCOP(=O)(O)OCC(COC(C)=O)OC(C)=O. The summed E-state index contributed by atoms with van der Waals surface area (Å²) in [5, 5.41) is 9.44. The van der Waals surface area contributed by atoms with E-state index in [2.05, 4.69) is 10.1 Å². The molecular weight excluding hydrogens is 395 g/mol. The van der Waals surface area contributed by atoms with Gasteiger partial charge in [-0.1, -0.05) is 12.2 Å². The fourth-order valence-electron chi connectivity index (χ4n) is 1.68. The lowest BCUT2D eigenvalue weighted by Crippen LogP contribution is -2.29. The van der Waals surface area contributed by atoms with Crippen molar-refractivity contribution >= 4 is 31.9 Å². The quantitative estimate of drug-likeness (QED) is 0.0981. The number of carbonyl (C=O) groups is 3. The Kier molecular flexibility index (Phi) is 12.6. The maximum absolute atomic E-state index is 11.9. The van der Waals surface area contributed by atoms with Crippen LogP contribution in [0.1, 0.15) is 20.8 Å². The fourth-order valence-corrected chi connectivity index (χ4v) is 2.43. The summed E-state index contributed by atoms with van der Waals surface area (Å²) in [6.45, 7) is 2.65. The predicted octanol–water partition coefficient (Wildman–Crippen LogP) is 0.883. The van der Waals surface area contributed by atoms with Crippen LogP contribution >= 0.6 is 7.82 Å². The highest BCUT2D eigenvalue weighted by atomic mass is 31.2. The summed E-state index contributed by atoms with van der Waals surface area (Å²) in [5.74, 6) is -1.80. The first-order valence-corrected chi connectivity index (χ1v) is 9.65. The van der Waals surface area contributed by atoms with Crippen molar-refractivity contribution < 1.29 is 42.4 Å². The van der Waals surface area contributed by atoms with Gasteiger partial charge in [0, 0.05) is 32.2 Å². The fraction of sp³-hybridized carbons (Fsp3) is 0.500. The minimum absolute atomic E-state index is 0.0968. The minimum Gasteiger partial charge on any atom is -0.462 e.